The fourth-order valence-corrected chi connectivity index (χ4v) is 1.93. The third-order valence-corrected chi connectivity index (χ3v) is 2.53. The van der Waals surface area contributed by atoms with Gasteiger partial charge in [-0.25, -0.2) is 0 Å². The summed E-state index contributed by atoms with van der Waals surface area (Å²) in [5.74, 6) is -0.164. The van der Waals surface area contributed by atoms with E-state index in [1.807, 2.05) is 31.2 Å². The Morgan fingerprint density at radius 3 is 2.87 bits per heavy atom. The molecule has 0 fully saturated rings. The molecule has 0 N–H and O–H groups in total. The highest BCUT2D eigenvalue weighted by molar-refractivity contribution is 7.07. The molecule has 0 atom stereocenters. The highest BCUT2D eigenvalue weighted by Gasteiger charge is 2.09. The SMILES string of the molecule is CC(C)OC(=O)CN(C)Cc1ccsc1. The van der Waals surface area contributed by atoms with Crippen molar-refractivity contribution >= 4 is 17.3 Å². The zero-order valence-corrected chi connectivity index (χ0v) is 10.2. The summed E-state index contributed by atoms with van der Waals surface area (Å²) in [5, 5.41) is 4.12. The van der Waals surface area contributed by atoms with Crippen LogP contribution in [0, 0.1) is 0 Å². The van der Waals surface area contributed by atoms with Gasteiger partial charge < -0.3 is 4.74 Å². The molecule has 0 saturated heterocycles. The van der Waals surface area contributed by atoms with E-state index in [-0.39, 0.29) is 12.1 Å². The molecular formula is C11H17NO2S. The van der Waals surface area contributed by atoms with Crippen molar-refractivity contribution in [3.8, 4) is 0 Å². The lowest BCUT2D eigenvalue weighted by Crippen LogP contribution is -2.28. The van der Waals surface area contributed by atoms with E-state index in [0.29, 0.717) is 6.54 Å². The molecule has 0 unspecified atom stereocenters. The molecule has 1 heterocycles. The Balaban J connectivity index is 2.29. The number of rotatable bonds is 5. The topological polar surface area (TPSA) is 29.5 Å². The maximum absolute atomic E-state index is 11.3. The van der Waals surface area contributed by atoms with E-state index in [4.69, 9.17) is 4.74 Å². The van der Waals surface area contributed by atoms with E-state index in [0.717, 1.165) is 6.54 Å². The lowest BCUT2D eigenvalue weighted by atomic mass is 10.3. The zero-order valence-electron chi connectivity index (χ0n) is 9.40. The molecule has 84 valence electrons. The van der Waals surface area contributed by atoms with Crippen LogP contribution in [-0.4, -0.2) is 30.6 Å². The first-order valence-electron chi connectivity index (χ1n) is 4.97. The van der Waals surface area contributed by atoms with Crippen LogP contribution < -0.4 is 0 Å². The maximum Gasteiger partial charge on any atom is 0.320 e. The maximum atomic E-state index is 11.3. The molecule has 1 aromatic rings. The summed E-state index contributed by atoms with van der Waals surface area (Å²) in [5.41, 5.74) is 1.24. The molecule has 3 nitrogen and oxygen atoms in total. The second kappa shape index (κ2) is 5.88. The van der Waals surface area contributed by atoms with Crippen LogP contribution in [0.25, 0.3) is 0 Å². The molecule has 0 spiro atoms. The molecule has 0 aliphatic carbocycles. The summed E-state index contributed by atoms with van der Waals surface area (Å²) in [6.07, 6.45) is -0.0351. The van der Waals surface area contributed by atoms with E-state index in [1.165, 1.54) is 5.56 Å². The predicted octanol–water partition coefficient (Wildman–Crippen LogP) is 2.13. The fraction of sp³-hybridized carbons (Fsp3) is 0.545. The Labute approximate surface area is 94.7 Å². The molecule has 0 aliphatic rings. The molecular weight excluding hydrogens is 210 g/mol. The van der Waals surface area contributed by atoms with Crippen molar-refractivity contribution in [3.63, 3.8) is 0 Å². The molecule has 0 aliphatic heterocycles. The monoisotopic (exact) mass is 227 g/mol. The van der Waals surface area contributed by atoms with Crippen molar-refractivity contribution in [3.05, 3.63) is 22.4 Å². The van der Waals surface area contributed by atoms with Crippen LogP contribution in [0.1, 0.15) is 19.4 Å². The van der Waals surface area contributed by atoms with Gasteiger partial charge in [0, 0.05) is 6.54 Å². The number of carbonyl (C=O) groups excluding carboxylic acids is 1. The smallest absolute Gasteiger partial charge is 0.320 e. The number of nitrogens with zero attached hydrogens (tertiary/aromatic N) is 1. The Hall–Kier alpha value is -0.870. The van der Waals surface area contributed by atoms with Gasteiger partial charge in [0.25, 0.3) is 0 Å². The summed E-state index contributed by atoms with van der Waals surface area (Å²) in [7, 11) is 1.92. The molecule has 4 heteroatoms. The van der Waals surface area contributed by atoms with E-state index in [1.54, 1.807) is 11.3 Å². The first-order chi connectivity index (χ1) is 7.08. The van der Waals surface area contributed by atoms with Crippen molar-refractivity contribution in [2.45, 2.75) is 26.5 Å². The average Bonchev–Trinajstić information content (AvgIpc) is 2.53. The van der Waals surface area contributed by atoms with Gasteiger partial charge in [-0.2, -0.15) is 11.3 Å². The predicted molar refractivity (Wildman–Crippen MR) is 61.9 cm³/mol. The number of carbonyl (C=O) groups is 1. The minimum atomic E-state index is -0.164. The number of ether oxygens (including phenoxy) is 1. The summed E-state index contributed by atoms with van der Waals surface area (Å²) >= 11 is 1.67. The normalized spacial score (nSPS) is 11.0. The van der Waals surface area contributed by atoms with Crippen molar-refractivity contribution in [1.29, 1.82) is 0 Å². The second-order valence-corrected chi connectivity index (χ2v) is 4.62. The molecule has 1 aromatic heterocycles. The minimum absolute atomic E-state index is 0.0351. The van der Waals surface area contributed by atoms with Gasteiger partial charge in [0.15, 0.2) is 0 Å². The molecule has 0 saturated carbocycles. The number of hydrogen-bond donors (Lipinski definition) is 0. The number of esters is 1. The molecule has 15 heavy (non-hydrogen) atoms. The second-order valence-electron chi connectivity index (χ2n) is 3.84. The third-order valence-electron chi connectivity index (χ3n) is 1.80. The van der Waals surface area contributed by atoms with Crippen LogP contribution in [0.15, 0.2) is 16.8 Å². The Morgan fingerprint density at radius 2 is 2.33 bits per heavy atom. The van der Waals surface area contributed by atoms with Crippen molar-refractivity contribution in [2.24, 2.45) is 0 Å². The lowest BCUT2D eigenvalue weighted by molar-refractivity contribution is -0.148. The molecule has 0 radical (unpaired) electrons. The van der Waals surface area contributed by atoms with E-state index >= 15 is 0 Å². The molecule has 1 rings (SSSR count). The van der Waals surface area contributed by atoms with Gasteiger partial charge in [-0.1, -0.05) is 0 Å². The zero-order chi connectivity index (χ0) is 11.3. The van der Waals surface area contributed by atoms with E-state index in [9.17, 15) is 4.79 Å². The number of likely N-dealkylation sites (N-methyl/N-ethyl adjacent to an activating group) is 1. The van der Waals surface area contributed by atoms with Gasteiger partial charge in [-0.15, -0.1) is 0 Å². The van der Waals surface area contributed by atoms with Crippen LogP contribution in [0.3, 0.4) is 0 Å². The lowest BCUT2D eigenvalue weighted by Gasteiger charge is -2.16. The molecule has 0 bridgehead atoms. The summed E-state index contributed by atoms with van der Waals surface area (Å²) in [6.45, 7) is 4.85. The summed E-state index contributed by atoms with van der Waals surface area (Å²) < 4.78 is 5.06. The van der Waals surface area contributed by atoms with Gasteiger partial charge in [-0.3, -0.25) is 9.69 Å². The van der Waals surface area contributed by atoms with Crippen LogP contribution >= 0.6 is 11.3 Å². The summed E-state index contributed by atoms with van der Waals surface area (Å²) in [6, 6.07) is 2.06. The summed E-state index contributed by atoms with van der Waals surface area (Å²) in [4.78, 5) is 13.3. The Morgan fingerprint density at radius 1 is 1.60 bits per heavy atom. The van der Waals surface area contributed by atoms with Gasteiger partial charge >= 0.3 is 5.97 Å². The van der Waals surface area contributed by atoms with Crippen molar-refractivity contribution in [2.75, 3.05) is 13.6 Å². The van der Waals surface area contributed by atoms with Crippen LogP contribution in [0.4, 0.5) is 0 Å². The fourth-order valence-electron chi connectivity index (χ4n) is 1.27. The first-order valence-corrected chi connectivity index (χ1v) is 5.91. The van der Waals surface area contributed by atoms with E-state index < -0.39 is 0 Å². The Bertz CT molecular complexity index is 296. The quantitative estimate of drug-likeness (QED) is 0.722. The largest absolute Gasteiger partial charge is 0.462 e. The van der Waals surface area contributed by atoms with Crippen LogP contribution in [-0.2, 0) is 16.1 Å². The number of thiophene rings is 1. The highest BCUT2D eigenvalue weighted by Crippen LogP contribution is 2.08. The molecule has 0 amide bonds. The van der Waals surface area contributed by atoms with Gasteiger partial charge in [-0.05, 0) is 43.3 Å². The van der Waals surface area contributed by atoms with Crippen LogP contribution in [0.5, 0.6) is 0 Å². The van der Waals surface area contributed by atoms with Gasteiger partial charge in [0.2, 0.25) is 0 Å². The highest BCUT2D eigenvalue weighted by atomic mass is 32.1. The Kier molecular flexibility index (Phi) is 4.78. The van der Waals surface area contributed by atoms with E-state index in [2.05, 4.69) is 11.4 Å². The third kappa shape index (κ3) is 4.95. The first kappa shape index (κ1) is 12.2. The standard InChI is InChI=1S/C11H17NO2S/c1-9(2)14-11(13)7-12(3)6-10-4-5-15-8-10/h4-5,8-9H,6-7H2,1-3H3. The molecule has 0 aromatic carbocycles. The van der Waals surface area contributed by atoms with Crippen molar-refractivity contribution in [1.82, 2.24) is 4.90 Å². The number of hydrogen-bond acceptors (Lipinski definition) is 4. The minimum Gasteiger partial charge on any atom is -0.462 e. The van der Waals surface area contributed by atoms with Gasteiger partial charge in [0.05, 0.1) is 12.6 Å². The van der Waals surface area contributed by atoms with Gasteiger partial charge in [0.1, 0.15) is 0 Å². The van der Waals surface area contributed by atoms with Crippen LogP contribution in [0.2, 0.25) is 0 Å². The average molecular weight is 227 g/mol. The van der Waals surface area contributed by atoms with Crippen molar-refractivity contribution < 1.29 is 9.53 Å².